The summed E-state index contributed by atoms with van der Waals surface area (Å²) in [5, 5.41) is 9.54. The van der Waals surface area contributed by atoms with E-state index in [1.54, 1.807) is 4.90 Å². The zero-order valence-electron chi connectivity index (χ0n) is 13.5. The molecule has 0 aliphatic carbocycles. The van der Waals surface area contributed by atoms with Crippen LogP contribution in [0.25, 0.3) is 0 Å². The molecule has 0 saturated carbocycles. The van der Waals surface area contributed by atoms with Crippen molar-refractivity contribution in [3.63, 3.8) is 0 Å². The minimum atomic E-state index is -0.766. The van der Waals surface area contributed by atoms with Crippen LogP contribution >= 0.6 is 0 Å². The molecule has 1 amide bonds. The maximum Gasteiger partial charge on any atom is 0.311 e. The molecule has 1 N–H and O–H groups in total. The Labute approximate surface area is 122 Å². The molecule has 4 heteroatoms. The summed E-state index contributed by atoms with van der Waals surface area (Å²) in [5.74, 6) is -0.218. The van der Waals surface area contributed by atoms with Gasteiger partial charge in [0.2, 0.25) is 5.91 Å². The zero-order chi connectivity index (χ0) is 15.5. The van der Waals surface area contributed by atoms with Crippen molar-refractivity contribution < 1.29 is 14.7 Å². The molecule has 0 spiro atoms. The molecule has 20 heavy (non-hydrogen) atoms. The molecule has 0 aromatic heterocycles. The highest BCUT2D eigenvalue weighted by atomic mass is 16.4. The van der Waals surface area contributed by atoms with Crippen molar-refractivity contribution in [1.82, 2.24) is 4.90 Å². The first-order valence-corrected chi connectivity index (χ1v) is 7.82. The van der Waals surface area contributed by atoms with E-state index < -0.39 is 11.4 Å². The van der Waals surface area contributed by atoms with Crippen LogP contribution in [0.3, 0.4) is 0 Å². The third kappa shape index (κ3) is 2.99. The summed E-state index contributed by atoms with van der Waals surface area (Å²) in [6.45, 7) is 11.0. The number of aliphatic carboxylic acids is 1. The number of hydrogen-bond acceptors (Lipinski definition) is 2. The highest BCUT2D eigenvalue weighted by molar-refractivity contribution is 5.82. The molecular formula is C16H29NO3. The van der Waals surface area contributed by atoms with E-state index >= 15 is 0 Å². The van der Waals surface area contributed by atoms with Crippen LogP contribution in [-0.4, -0.2) is 35.0 Å². The van der Waals surface area contributed by atoms with Gasteiger partial charge < -0.3 is 10.0 Å². The zero-order valence-corrected chi connectivity index (χ0v) is 13.5. The van der Waals surface area contributed by atoms with E-state index in [9.17, 15) is 14.7 Å². The van der Waals surface area contributed by atoms with Gasteiger partial charge in [-0.05, 0) is 18.3 Å². The molecule has 1 aliphatic heterocycles. The van der Waals surface area contributed by atoms with E-state index in [-0.39, 0.29) is 17.7 Å². The van der Waals surface area contributed by atoms with Gasteiger partial charge in [-0.1, -0.05) is 47.5 Å². The van der Waals surface area contributed by atoms with Gasteiger partial charge in [0, 0.05) is 19.0 Å². The van der Waals surface area contributed by atoms with Crippen LogP contribution in [0.2, 0.25) is 0 Å². The fourth-order valence-electron chi connectivity index (χ4n) is 3.40. The van der Waals surface area contributed by atoms with Gasteiger partial charge in [0.25, 0.3) is 0 Å². The maximum absolute atomic E-state index is 12.6. The van der Waals surface area contributed by atoms with Gasteiger partial charge in [-0.2, -0.15) is 0 Å². The summed E-state index contributed by atoms with van der Waals surface area (Å²) in [7, 11) is 0. The molecule has 1 heterocycles. The number of carbonyl (C=O) groups excluding carboxylic acids is 1. The fraction of sp³-hybridized carbons (Fsp3) is 0.875. The molecule has 1 aliphatic rings. The smallest absolute Gasteiger partial charge is 0.311 e. The highest BCUT2D eigenvalue weighted by Crippen LogP contribution is 2.39. The molecular weight excluding hydrogens is 254 g/mol. The molecule has 4 nitrogen and oxygen atoms in total. The predicted octanol–water partition coefficient (Wildman–Crippen LogP) is 3.02. The number of nitrogens with zero attached hydrogens (tertiary/aromatic N) is 1. The maximum atomic E-state index is 12.6. The lowest BCUT2D eigenvalue weighted by atomic mass is 9.76. The van der Waals surface area contributed by atoms with Crippen molar-refractivity contribution in [2.45, 2.75) is 53.9 Å². The van der Waals surface area contributed by atoms with Gasteiger partial charge in [-0.3, -0.25) is 9.59 Å². The Morgan fingerprint density at radius 3 is 2.10 bits per heavy atom. The topological polar surface area (TPSA) is 57.6 Å². The molecule has 116 valence electrons. The number of carboxylic acids is 1. The van der Waals surface area contributed by atoms with Crippen LogP contribution in [0, 0.1) is 23.2 Å². The van der Waals surface area contributed by atoms with Gasteiger partial charge in [0.15, 0.2) is 0 Å². The number of likely N-dealkylation sites (tertiary alicyclic amines) is 1. The van der Waals surface area contributed by atoms with Crippen molar-refractivity contribution in [2.24, 2.45) is 23.2 Å². The monoisotopic (exact) mass is 283 g/mol. The standard InChI is InChI=1S/C16H29NO3/c1-6-13(7-2)12(5)14(18)17-9-8-16(10-17,11(3)4)15(19)20/h11-13H,6-10H2,1-5H3,(H,19,20). The van der Waals surface area contributed by atoms with E-state index in [1.807, 2.05) is 20.8 Å². The normalized spacial score (nSPS) is 24.4. The lowest BCUT2D eigenvalue weighted by molar-refractivity contribution is -0.151. The number of hydrogen-bond donors (Lipinski definition) is 1. The van der Waals surface area contributed by atoms with Gasteiger partial charge in [-0.15, -0.1) is 0 Å². The summed E-state index contributed by atoms with van der Waals surface area (Å²) < 4.78 is 0. The van der Waals surface area contributed by atoms with Gasteiger partial charge in [0.05, 0.1) is 5.41 Å². The Kier molecular flexibility index (Phi) is 5.60. The Bertz CT molecular complexity index is 363. The van der Waals surface area contributed by atoms with Crippen LogP contribution < -0.4 is 0 Å². The second-order valence-electron chi connectivity index (χ2n) is 6.49. The molecule has 2 atom stereocenters. The molecule has 0 radical (unpaired) electrons. The SMILES string of the molecule is CCC(CC)C(C)C(=O)N1CCC(C(=O)O)(C(C)C)C1. The number of rotatable bonds is 6. The van der Waals surface area contributed by atoms with E-state index in [4.69, 9.17) is 0 Å². The molecule has 1 rings (SSSR count). The molecule has 2 unspecified atom stereocenters. The third-order valence-corrected chi connectivity index (χ3v) is 5.29. The number of carboxylic acid groups (broad SMARTS) is 1. The van der Waals surface area contributed by atoms with Gasteiger partial charge >= 0.3 is 5.97 Å². The summed E-state index contributed by atoms with van der Waals surface area (Å²) in [6.07, 6.45) is 2.55. The summed E-state index contributed by atoms with van der Waals surface area (Å²) >= 11 is 0. The fourth-order valence-corrected chi connectivity index (χ4v) is 3.40. The third-order valence-electron chi connectivity index (χ3n) is 5.29. The molecule has 1 saturated heterocycles. The second kappa shape index (κ2) is 6.59. The van der Waals surface area contributed by atoms with Crippen molar-refractivity contribution in [3.8, 4) is 0 Å². The van der Waals surface area contributed by atoms with Gasteiger partial charge in [0.1, 0.15) is 0 Å². The van der Waals surface area contributed by atoms with Crippen LogP contribution in [0.4, 0.5) is 0 Å². The van der Waals surface area contributed by atoms with Crippen LogP contribution in [0.1, 0.15) is 53.9 Å². The van der Waals surface area contributed by atoms with Crippen LogP contribution in [0.5, 0.6) is 0 Å². The summed E-state index contributed by atoms with van der Waals surface area (Å²) in [6, 6.07) is 0. The Balaban J connectivity index is 2.81. The lowest BCUT2D eigenvalue weighted by Crippen LogP contribution is -2.42. The Morgan fingerprint density at radius 1 is 1.20 bits per heavy atom. The van der Waals surface area contributed by atoms with Crippen molar-refractivity contribution in [3.05, 3.63) is 0 Å². The van der Waals surface area contributed by atoms with Crippen molar-refractivity contribution in [1.29, 1.82) is 0 Å². The minimum Gasteiger partial charge on any atom is -0.481 e. The number of carbonyl (C=O) groups is 2. The predicted molar refractivity (Wildman–Crippen MR) is 79.3 cm³/mol. The molecule has 0 aromatic rings. The highest BCUT2D eigenvalue weighted by Gasteiger charge is 2.49. The van der Waals surface area contributed by atoms with Crippen molar-refractivity contribution >= 4 is 11.9 Å². The van der Waals surface area contributed by atoms with Crippen LogP contribution in [-0.2, 0) is 9.59 Å². The quantitative estimate of drug-likeness (QED) is 0.815. The van der Waals surface area contributed by atoms with Gasteiger partial charge in [-0.25, -0.2) is 0 Å². The molecule has 1 fully saturated rings. The molecule has 0 bridgehead atoms. The van der Waals surface area contributed by atoms with E-state index in [2.05, 4.69) is 13.8 Å². The van der Waals surface area contributed by atoms with Crippen LogP contribution in [0.15, 0.2) is 0 Å². The summed E-state index contributed by atoms with van der Waals surface area (Å²) in [4.78, 5) is 26.0. The van der Waals surface area contributed by atoms with E-state index in [0.717, 1.165) is 12.8 Å². The van der Waals surface area contributed by atoms with E-state index in [0.29, 0.717) is 25.4 Å². The first-order valence-electron chi connectivity index (χ1n) is 7.82. The Morgan fingerprint density at radius 2 is 1.75 bits per heavy atom. The largest absolute Gasteiger partial charge is 0.481 e. The second-order valence-corrected chi connectivity index (χ2v) is 6.49. The molecule has 0 aromatic carbocycles. The first kappa shape index (κ1) is 17.0. The average molecular weight is 283 g/mol. The Hall–Kier alpha value is -1.06. The first-order chi connectivity index (χ1) is 9.30. The lowest BCUT2D eigenvalue weighted by Gasteiger charge is -2.30. The van der Waals surface area contributed by atoms with E-state index in [1.165, 1.54) is 0 Å². The number of amides is 1. The average Bonchev–Trinajstić information content (AvgIpc) is 2.85. The minimum absolute atomic E-state index is 0.0123. The van der Waals surface area contributed by atoms with Crippen molar-refractivity contribution in [2.75, 3.05) is 13.1 Å². The summed E-state index contributed by atoms with van der Waals surface area (Å²) in [5.41, 5.74) is -0.761.